The summed E-state index contributed by atoms with van der Waals surface area (Å²) in [4.78, 5) is 25.8. The summed E-state index contributed by atoms with van der Waals surface area (Å²) in [5.41, 5.74) is 4.07. The summed E-state index contributed by atoms with van der Waals surface area (Å²) in [5.74, 6) is 0.782. The van der Waals surface area contributed by atoms with Crippen LogP contribution in [0.4, 0.5) is 5.69 Å². The molecule has 4 aromatic rings. The second-order valence-corrected chi connectivity index (χ2v) is 8.94. The van der Waals surface area contributed by atoms with Gasteiger partial charge >= 0.3 is 0 Å². The first-order chi connectivity index (χ1) is 15.6. The van der Waals surface area contributed by atoms with Crippen molar-refractivity contribution in [1.29, 1.82) is 0 Å². The predicted molar refractivity (Wildman–Crippen MR) is 124 cm³/mol. The third-order valence-corrected chi connectivity index (χ3v) is 6.48. The Morgan fingerprint density at radius 1 is 1.12 bits per heavy atom. The molecule has 0 atom stereocenters. The quantitative estimate of drug-likeness (QED) is 0.380. The molecule has 1 amide bonds. The number of amides is 1. The van der Waals surface area contributed by atoms with Gasteiger partial charge in [-0.1, -0.05) is 41.6 Å². The molecule has 9 heteroatoms. The Balaban J connectivity index is 1.18. The van der Waals surface area contributed by atoms with Crippen molar-refractivity contribution >= 4 is 46.1 Å². The fraction of sp³-hybridized carbons (Fsp3) is 0.261. The minimum Gasteiger partial charge on any atom is -0.447 e. The highest BCUT2D eigenvalue weighted by molar-refractivity contribution is 7.98. The molecule has 0 saturated carbocycles. The van der Waals surface area contributed by atoms with Crippen molar-refractivity contribution in [2.24, 2.45) is 0 Å². The molecule has 1 fully saturated rings. The zero-order valence-corrected chi connectivity index (χ0v) is 19.0. The van der Waals surface area contributed by atoms with E-state index in [1.54, 1.807) is 4.90 Å². The topological polar surface area (TPSA) is 75.6 Å². The number of halogens is 1. The highest BCUT2D eigenvalue weighted by atomic mass is 35.5. The third kappa shape index (κ3) is 4.33. The number of rotatable bonds is 5. The van der Waals surface area contributed by atoms with Gasteiger partial charge in [-0.15, -0.1) is 0 Å². The van der Waals surface area contributed by atoms with Gasteiger partial charge in [0.1, 0.15) is 11.8 Å². The van der Waals surface area contributed by atoms with E-state index in [1.165, 1.54) is 18.0 Å². The molecule has 1 aliphatic heterocycles. The van der Waals surface area contributed by atoms with Gasteiger partial charge in [0.05, 0.1) is 5.75 Å². The van der Waals surface area contributed by atoms with Gasteiger partial charge in [0.2, 0.25) is 5.89 Å². The van der Waals surface area contributed by atoms with Gasteiger partial charge in [-0.3, -0.25) is 4.79 Å². The van der Waals surface area contributed by atoms with E-state index in [4.69, 9.17) is 20.4 Å². The molecule has 1 saturated heterocycles. The summed E-state index contributed by atoms with van der Waals surface area (Å²) in [5, 5.41) is 1.26. The molecule has 3 heterocycles. The number of thioether (sulfide) groups is 1. The van der Waals surface area contributed by atoms with Crippen LogP contribution in [0.15, 0.2) is 62.8 Å². The number of carbonyl (C=O) groups excluding carboxylic acids is 1. The molecule has 0 unspecified atom stereocenters. The number of para-hydroxylation sites is 1. The number of carbonyl (C=O) groups is 1. The lowest BCUT2D eigenvalue weighted by Crippen LogP contribution is -2.48. The number of hydrogen-bond acceptors (Lipinski definition) is 7. The van der Waals surface area contributed by atoms with Gasteiger partial charge in [-0.05, 0) is 36.8 Å². The maximum atomic E-state index is 12.9. The molecular formula is C23H21ClN4O3S. The number of nitrogens with zero attached hydrogens (tertiary/aromatic N) is 4. The van der Waals surface area contributed by atoms with Gasteiger partial charge in [0.15, 0.2) is 11.3 Å². The highest BCUT2D eigenvalue weighted by Gasteiger charge is 2.25. The summed E-state index contributed by atoms with van der Waals surface area (Å²) < 4.78 is 11.3. The average Bonchev–Trinajstić information content (AvgIpc) is 3.45. The minimum atomic E-state index is -0.117. The first-order valence-corrected chi connectivity index (χ1v) is 11.7. The Morgan fingerprint density at radius 3 is 2.72 bits per heavy atom. The van der Waals surface area contributed by atoms with E-state index in [0.717, 1.165) is 35.4 Å². The van der Waals surface area contributed by atoms with Gasteiger partial charge in [0.25, 0.3) is 11.1 Å². The monoisotopic (exact) mass is 468 g/mol. The van der Waals surface area contributed by atoms with E-state index in [2.05, 4.69) is 14.9 Å². The van der Waals surface area contributed by atoms with Crippen molar-refractivity contribution in [1.82, 2.24) is 14.9 Å². The number of aromatic nitrogens is 2. The molecule has 0 spiro atoms. The summed E-state index contributed by atoms with van der Waals surface area (Å²) in [6, 6.07) is 13.6. The maximum Gasteiger partial charge on any atom is 0.275 e. The largest absolute Gasteiger partial charge is 0.447 e. The molecule has 0 radical (unpaired) electrons. The van der Waals surface area contributed by atoms with Crippen LogP contribution in [-0.4, -0.2) is 47.0 Å². The van der Waals surface area contributed by atoms with Crippen LogP contribution in [0, 0.1) is 6.92 Å². The Labute approximate surface area is 194 Å². The van der Waals surface area contributed by atoms with Crippen LogP contribution in [0.3, 0.4) is 0 Å². The molecular weight excluding hydrogens is 448 g/mol. The lowest BCUT2D eigenvalue weighted by Gasteiger charge is -2.35. The van der Waals surface area contributed by atoms with Crippen molar-refractivity contribution in [2.45, 2.75) is 17.9 Å². The normalized spacial score (nSPS) is 14.3. The summed E-state index contributed by atoms with van der Waals surface area (Å²) >= 11 is 7.49. The van der Waals surface area contributed by atoms with Crippen LogP contribution in [0.5, 0.6) is 0 Å². The number of fused-ring (bicyclic) bond motifs is 1. The van der Waals surface area contributed by atoms with Crippen LogP contribution < -0.4 is 4.90 Å². The van der Waals surface area contributed by atoms with Crippen LogP contribution in [0.2, 0.25) is 5.02 Å². The average molecular weight is 469 g/mol. The zero-order valence-electron chi connectivity index (χ0n) is 17.5. The van der Waals surface area contributed by atoms with Gasteiger partial charge in [-0.2, -0.15) is 0 Å². The van der Waals surface area contributed by atoms with Crippen LogP contribution >= 0.6 is 23.4 Å². The van der Waals surface area contributed by atoms with E-state index in [0.29, 0.717) is 40.7 Å². The number of benzene rings is 2. The van der Waals surface area contributed by atoms with E-state index in [1.807, 2.05) is 49.4 Å². The molecule has 7 nitrogen and oxygen atoms in total. The lowest BCUT2D eigenvalue weighted by atomic mass is 10.2. The van der Waals surface area contributed by atoms with E-state index in [9.17, 15) is 4.79 Å². The molecule has 164 valence electrons. The Morgan fingerprint density at radius 2 is 1.94 bits per heavy atom. The number of anilines is 1. The fourth-order valence-electron chi connectivity index (χ4n) is 3.73. The van der Waals surface area contributed by atoms with Crippen LogP contribution in [0.1, 0.15) is 21.9 Å². The van der Waals surface area contributed by atoms with Crippen LogP contribution in [0.25, 0.3) is 11.1 Å². The predicted octanol–water partition coefficient (Wildman–Crippen LogP) is 5.03. The molecule has 2 aromatic carbocycles. The first-order valence-electron chi connectivity index (χ1n) is 10.3. The second-order valence-electron chi connectivity index (χ2n) is 7.58. The van der Waals surface area contributed by atoms with Gasteiger partial charge in [-0.25, -0.2) is 9.97 Å². The third-order valence-electron chi connectivity index (χ3n) is 5.43. The first kappa shape index (κ1) is 20.9. The minimum absolute atomic E-state index is 0.117. The SMILES string of the molecule is Cc1cccc2oc(SCc3nc(C(=O)N4CCN(c5cccc(Cl)c5)CC4)co3)nc12. The van der Waals surface area contributed by atoms with Crippen LogP contribution in [-0.2, 0) is 5.75 Å². The lowest BCUT2D eigenvalue weighted by molar-refractivity contribution is 0.0741. The maximum absolute atomic E-state index is 12.9. The van der Waals surface area contributed by atoms with Crippen molar-refractivity contribution < 1.29 is 13.6 Å². The Bertz CT molecular complexity index is 1260. The van der Waals surface area contributed by atoms with E-state index in [-0.39, 0.29) is 5.91 Å². The number of piperazine rings is 1. The highest BCUT2D eigenvalue weighted by Crippen LogP contribution is 2.28. The van der Waals surface area contributed by atoms with E-state index < -0.39 is 0 Å². The molecule has 2 aromatic heterocycles. The second kappa shape index (κ2) is 8.88. The summed E-state index contributed by atoms with van der Waals surface area (Å²) in [6.07, 6.45) is 1.43. The van der Waals surface area contributed by atoms with Crippen molar-refractivity contribution in [3.05, 3.63) is 70.9 Å². The van der Waals surface area contributed by atoms with Gasteiger partial charge < -0.3 is 18.6 Å². The standard InChI is InChI=1S/C23H21ClN4O3S/c1-15-4-2-7-19-21(15)26-23(31-19)32-14-20-25-18(13-30-20)22(29)28-10-8-27(9-11-28)17-6-3-5-16(24)12-17/h2-7,12-13H,8-11,14H2,1H3. The molecule has 0 aliphatic carbocycles. The molecule has 32 heavy (non-hydrogen) atoms. The fourth-order valence-corrected chi connectivity index (χ4v) is 4.60. The zero-order chi connectivity index (χ0) is 22.1. The summed E-state index contributed by atoms with van der Waals surface area (Å²) in [7, 11) is 0. The molecule has 0 N–H and O–H groups in total. The van der Waals surface area contributed by atoms with Gasteiger partial charge in [0, 0.05) is 36.9 Å². The summed E-state index contributed by atoms with van der Waals surface area (Å²) in [6.45, 7) is 4.71. The number of aryl methyl sites for hydroxylation is 1. The van der Waals surface area contributed by atoms with Crippen molar-refractivity contribution in [2.75, 3.05) is 31.1 Å². The molecule has 0 bridgehead atoms. The number of oxazole rings is 2. The Hall–Kier alpha value is -2.97. The molecule has 1 aliphatic rings. The number of hydrogen-bond donors (Lipinski definition) is 0. The smallest absolute Gasteiger partial charge is 0.275 e. The van der Waals surface area contributed by atoms with Crippen molar-refractivity contribution in [3.8, 4) is 0 Å². The van der Waals surface area contributed by atoms with E-state index >= 15 is 0 Å². The molecule has 5 rings (SSSR count). The Kier molecular flexibility index (Phi) is 5.80. The van der Waals surface area contributed by atoms with Crippen molar-refractivity contribution in [3.63, 3.8) is 0 Å².